The summed E-state index contributed by atoms with van der Waals surface area (Å²) in [6.45, 7) is 0.470. The highest BCUT2D eigenvalue weighted by molar-refractivity contribution is 5.85. The van der Waals surface area contributed by atoms with Crippen LogP contribution < -0.4 is 11.1 Å². The van der Waals surface area contributed by atoms with Gasteiger partial charge in [-0.25, -0.2) is 4.98 Å². The molecule has 1 heterocycles. The van der Waals surface area contributed by atoms with Crippen LogP contribution in [0.4, 0.5) is 0 Å². The number of amides is 1. The predicted molar refractivity (Wildman–Crippen MR) is 74.9 cm³/mol. The summed E-state index contributed by atoms with van der Waals surface area (Å²) >= 11 is 0. The van der Waals surface area contributed by atoms with Crippen molar-refractivity contribution in [2.45, 2.75) is 38.3 Å². The van der Waals surface area contributed by atoms with E-state index in [9.17, 15) is 4.79 Å². The van der Waals surface area contributed by atoms with Gasteiger partial charge in [-0.3, -0.25) is 4.79 Å². The third-order valence-corrected chi connectivity index (χ3v) is 3.07. The maximum Gasteiger partial charge on any atom is 0.223 e. The smallest absolute Gasteiger partial charge is 0.223 e. The lowest BCUT2D eigenvalue weighted by Crippen LogP contribution is -2.37. The molecule has 1 amide bonds. The molecule has 1 saturated carbocycles. The Balaban J connectivity index is 0.00000144. The summed E-state index contributed by atoms with van der Waals surface area (Å²) in [6, 6.07) is 0.188. The summed E-state index contributed by atoms with van der Waals surface area (Å²) in [6.07, 6.45) is 7.29. The van der Waals surface area contributed by atoms with Gasteiger partial charge in [-0.05, 0) is 19.3 Å². The number of H-pyrrole nitrogens is 1. The molecule has 18 heavy (non-hydrogen) atoms. The van der Waals surface area contributed by atoms with Gasteiger partial charge in [0.25, 0.3) is 0 Å². The largest absolute Gasteiger partial charge is 0.349 e. The van der Waals surface area contributed by atoms with E-state index in [1.54, 1.807) is 12.4 Å². The number of hydrogen-bond acceptors (Lipinski definition) is 3. The number of hydrogen-bond donors (Lipinski definition) is 3. The molecule has 1 aromatic heterocycles. The third-order valence-electron chi connectivity index (χ3n) is 3.07. The van der Waals surface area contributed by atoms with Crippen molar-refractivity contribution < 1.29 is 4.79 Å². The highest BCUT2D eigenvalue weighted by atomic mass is 35.5. The fraction of sp³-hybridized carbons (Fsp3) is 0.636. The van der Waals surface area contributed by atoms with Crippen molar-refractivity contribution in [3.8, 4) is 0 Å². The number of halogens is 2. The summed E-state index contributed by atoms with van der Waals surface area (Å²) in [5.74, 6) is 0.971. The normalized spacial score (nSPS) is 22.5. The van der Waals surface area contributed by atoms with Gasteiger partial charge in [-0.15, -0.1) is 24.8 Å². The van der Waals surface area contributed by atoms with Crippen LogP contribution in [-0.4, -0.2) is 21.9 Å². The van der Waals surface area contributed by atoms with Crippen LogP contribution in [0, 0.1) is 5.92 Å². The fourth-order valence-electron chi connectivity index (χ4n) is 2.18. The zero-order chi connectivity index (χ0) is 11.4. The monoisotopic (exact) mass is 294 g/mol. The van der Waals surface area contributed by atoms with Crippen LogP contribution in [0.2, 0.25) is 0 Å². The van der Waals surface area contributed by atoms with Crippen molar-refractivity contribution in [1.82, 2.24) is 15.3 Å². The zero-order valence-electron chi connectivity index (χ0n) is 10.1. The first-order valence-corrected chi connectivity index (χ1v) is 5.77. The van der Waals surface area contributed by atoms with Crippen LogP contribution in [0.1, 0.15) is 31.5 Å². The Morgan fingerprint density at radius 1 is 1.50 bits per heavy atom. The molecule has 1 aromatic rings. The van der Waals surface area contributed by atoms with Crippen LogP contribution in [0.5, 0.6) is 0 Å². The molecular formula is C11H20Cl2N4O. The van der Waals surface area contributed by atoms with E-state index in [1.807, 2.05) is 0 Å². The topological polar surface area (TPSA) is 83.8 Å². The van der Waals surface area contributed by atoms with E-state index >= 15 is 0 Å². The van der Waals surface area contributed by atoms with Crippen molar-refractivity contribution >= 4 is 30.7 Å². The molecule has 104 valence electrons. The van der Waals surface area contributed by atoms with Gasteiger partial charge in [0.2, 0.25) is 5.91 Å². The number of carbonyl (C=O) groups excluding carboxylic acids is 1. The van der Waals surface area contributed by atoms with Crippen molar-refractivity contribution in [2.24, 2.45) is 11.7 Å². The molecule has 1 aliphatic rings. The second-order valence-corrected chi connectivity index (χ2v) is 4.38. The van der Waals surface area contributed by atoms with Gasteiger partial charge in [0.1, 0.15) is 5.82 Å². The van der Waals surface area contributed by atoms with Gasteiger partial charge in [0.05, 0.1) is 6.54 Å². The van der Waals surface area contributed by atoms with Crippen molar-refractivity contribution in [3.63, 3.8) is 0 Å². The van der Waals surface area contributed by atoms with Gasteiger partial charge in [-0.2, -0.15) is 0 Å². The summed E-state index contributed by atoms with van der Waals surface area (Å²) in [5.41, 5.74) is 5.86. The third kappa shape index (κ3) is 4.84. The molecule has 1 aliphatic carbocycles. The Labute approximate surface area is 119 Å². The van der Waals surface area contributed by atoms with Crippen LogP contribution in [0.25, 0.3) is 0 Å². The second kappa shape index (κ2) is 8.34. The number of rotatable bonds is 3. The van der Waals surface area contributed by atoms with Gasteiger partial charge in [-0.1, -0.05) is 6.42 Å². The summed E-state index contributed by atoms with van der Waals surface area (Å²) in [5, 5.41) is 2.89. The molecule has 4 N–H and O–H groups in total. The van der Waals surface area contributed by atoms with Crippen LogP contribution in [-0.2, 0) is 11.3 Å². The van der Waals surface area contributed by atoms with E-state index in [0.717, 1.165) is 31.5 Å². The second-order valence-electron chi connectivity index (χ2n) is 4.38. The molecule has 1 fully saturated rings. The first-order chi connectivity index (χ1) is 7.75. The lowest BCUT2D eigenvalue weighted by atomic mass is 9.85. The minimum absolute atomic E-state index is 0. The molecule has 0 aromatic carbocycles. The predicted octanol–water partition coefficient (Wildman–Crippen LogP) is 1.39. The minimum Gasteiger partial charge on any atom is -0.349 e. The Morgan fingerprint density at radius 2 is 2.28 bits per heavy atom. The van der Waals surface area contributed by atoms with Gasteiger partial charge < -0.3 is 16.0 Å². The highest BCUT2D eigenvalue weighted by Crippen LogP contribution is 2.23. The number of nitrogens with two attached hydrogens (primary N) is 1. The molecule has 2 unspecified atom stereocenters. The number of aromatic amines is 1. The highest BCUT2D eigenvalue weighted by Gasteiger charge is 2.24. The number of carbonyl (C=O) groups is 1. The number of nitrogens with zero attached hydrogens (tertiary/aromatic N) is 1. The van der Waals surface area contributed by atoms with E-state index in [1.165, 1.54) is 0 Å². The molecule has 2 rings (SSSR count). The van der Waals surface area contributed by atoms with Gasteiger partial charge >= 0.3 is 0 Å². The van der Waals surface area contributed by atoms with Gasteiger partial charge in [0.15, 0.2) is 0 Å². The molecule has 0 spiro atoms. The molecule has 2 atom stereocenters. The summed E-state index contributed by atoms with van der Waals surface area (Å²) in [4.78, 5) is 18.8. The maximum atomic E-state index is 11.8. The lowest BCUT2D eigenvalue weighted by Gasteiger charge is -2.25. The minimum atomic E-state index is 0. The first-order valence-electron chi connectivity index (χ1n) is 5.77. The number of imidazole rings is 1. The van der Waals surface area contributed by atoms with E-state index < -0.39 is 0 Å². The Hall–Kier alpha value is -0.780. The van der Waals surface area contributed by atoms with Crippen molar-refractivity contribution in [2.75, 3.05) is 0 Å². The molecule has 7 heteroatoms. The van der Waals surface area contributed by atoms with E-state index in [2.05, 4.69) is 15.3 Å². The molecular weight excluding hydrogens is 275 g/mol. The number of aromatic nitrogens is 2. The number of nitrogens with one attached hydrogen (secondary N) is 2. The fourth-order valence-corrected chi connectivity index (χ4v) is 2.18. The first kappa shape index (κ1) is 17.2. The zero-order valence-corrected chi connectivity index (χ0v) is 11.7. The van der Waals surface area contributed by atoms with Crippen molar-refractivity contribution in [3.05, 3.63) is 18.2 Å². The average Bonchev–Trinajstić information content (AvgIpc) is 2.78. The maximum absolute atomic E-state index is 11.8. The van der Waals surface area contributed by atoms with Crippen molar-refractivity contribution in [1.29, 1.82) is 0 Å². The Kier molecular flexibility index (Phi) is 7.98. The van der Waals surface area contributed by atoms with Crippen LogP contribution in [0.15, 0.2) is 12.4 Å². The SMILES string of the molecule is Cl.Cl.NC1CCCC(C(=O)NCc2ncc[nH]2)C1. The van der Waals surface area contributed by atoms with Crippen LogP contribution >= 0.6 is 24.8 Å². The van der Waals surface area contributed by atoms with E-state index in [4.69, 9.17) is 5.73 Å². The van der Waals surface area contributed by atoms with E-state index in [0.29, 0.717) is 6.54 Å². The molecule has 5 nitrogen and oxygen atoms in total. The molecule has 0 aliphatic heterocycles. The lowest BCUT2D eigenvalue weighted by molar-refractivity contribution is -0.126. The van der Waals surface area contributed by atoms with E-state index in [-0.39, 0.29) is 42.7 Å². The van der Waals surface area contributed by atoms with Gasteiger partial charge in [0, 0.05) is 24.4 Å². The Bertz CT molecular complexity index is 345. The standard InChI is InChI=1S/C11H18N4O.2ClH/c12-9-3-1-2-8(6-9)11(16)15-7-10-13-4-5-14-10;;/h4-5,8-9H,1-3,6-7,12H2,(H,13,14)(H,15,16);2*1H. The average molecular weight is 295 g/mol. The van der Waals surface area contributed by atoms with Crippen LogP contribution in [0.3, 0.4) is 0 Å². The molecule has 0 bridgehead atoms. The molecule has 0 radical (unpaired) electrons. The quantitative estimate of drug-likeness (QED) is 0.788. The molecule has 0 saturated heterocycles. The summed E-state index contributed by atoms with van der Waals surface area (Å²) in [7, 11) is 0. The Morgan fingerprint density at radius 3 is 2.89 bits per heavy atom. The summed E-state index contributed by atoms with van der Waals surface area (Å²) < 4.78 is 0.